The van der Waals surface area contributed by atoms with E-state index in [0.29, 0.717) is 23.3 Å². The Hall–Kier alpha value is -2.66. The lowest BCUT2D eigenvalue weighted by atomic mass is 10.1. The van der Waals surface area contributed by atoms with E-state index in [1.807, 2.05) is 12.1 Å². The number of methoxy groups -OCH3 is 1. The minimum Gasteiger partial charge on any atom is -0.495 e. The quantitative estimate of drug-likeness (QED) is 0.352. The van der Waals surface area contributed by atoms with Gasteiger partial charge in [-0.05, 0) is 42.7 Å². The van der Waals surface area contributed by atoms with Gasteiger partial charge in [-0.3, -0.25) is 4.99 Å². The Morgan fingerprint density at radius 3 is 2.92 bits per heavy atom. The van der Waals surface area contributed by atoms with E-state index in [1.54, 1.807) is 19.2 Å². The van der Waals surface area contributed by atoms with Crippen LogP contribution in [0.5, 0.6) is 5.75 Å². The van der Waals surface area contributed by atoms with Crippen molar-refractivity contribution in [2.24, 2.45) is 10.7 Å². The molecule has 0 unspecified atom stereocenters. The van der Waals surface area contributed by atoms with E-state index in [4.69, 9.17) is 22.1 Å². The van der Waals surface area contributed by atoms with Crippen LogP contribution in [-0.4, -0.2) is 24.6 Å². The van der Waals surface area contributed by atoms with E-state index < -0.39 is 0 Å². The number of hydrogen-bond donors (Lipinski definition) is 3. The maximum Gasteiger partial charge on any atom is 0.193 e. The Kier molecular flexibility index (Phi) is 5.46. The number of aliphatic imine (C=N–C) groups is 1. The normalized spacial score (nSPS) is 11.7. The third-order valence-electron chi connectivity index (χ3n) is 3.99. The van der Waals surface area contributed by atoms with Crippen LogP contribution in [0, 0.1) is 0 Å². The molecule has 1 heterocycles. The van der Waals surface area contributed by atoms with Crippen LogP contribution in [0.4, 0.5) is 5.69 Å². The first kappa shape index (κ1) is 17.2. The van der Waals surface area contributed by atoms with Crippen molar-refractivity contribution in [3.8, 4) is 5.75 Å². The topological polar surface area (TPSA) is 75.4 Å². The summed E-state index contributed by atoms with van der Waals surface area (Å²) >= 11 is 6.10. The lowest BCUT2D eigenvalue weighted by Crippen LogP contribution is -2.22. The van der Waals surface area contributed by atoms with Crippen LogP contribution in [-0.2, 0) is 6.42 Å². The highest BCUT2D eigenvalue weighted by atomic mass is 35.5. The Morgan fingerprint density at radius 1 is 1.28 bits per heavy atom. The predicted molar refractivity (Wildman–Crippen MR) is 105 cm³/mol. The largest absolute Gasteiger partial charge is 0.495 e. The lowest BCUT2D eigenvalue weighted by Gasteiger charge is -2.08. The van der Waals surface area contributed by atoms with Crippen LogP contribution in [0.3, 0.4) is 0 Å². The SMILES string of the molecule is COc1ccc(NC(N)=NCCCc2c[nH]c3ccccc23)cc1Cl. The van der Waals surface area contributed by atoms with Gasteiger partial charge in [0.15, 0.2) is 5.96 Å². The molecule has 4 N–H and O–H groups in total. The average molecular weight is 357 g/mol. The zero-order valence-electron chi connectivity index (χ0n) is 14.1. The number of aryl methyl sites for hydroxylation is 1. The molecule has 0 amide bonds. The van der Waals surface area contributed by atoms with Crippen molar-refractivity contribution in [1.29, 1.82) is 0 Å². The fourth-order valence-electron chi connectivity index (χ4n) is 2.74. The minimum absolute atomic E-state index is 0.375. The molecular weight excluding hydrogens is 336 g/mol. The minimum atomic E-state index is 0.375. The maximum absolute atomic E-state index is 6.10. The second-order valence-electron chi connectivity index (χ2n) is 5.70. The van der Waals surface area contributed by atoms with Crippen LogP contribution < -0.4 is 15.8 Å². The molecule has 25 heavy (non-hydrogen) atoms. The number of aromatic amines is 1. The number of nitrogens with two attached hydrogens (primary N) is 1. The van der Waals surface area contributed by atoms with Crippen molar-refractivity contribution in [2.45, 2.75) is 12.8 Å². The van der Waals surface area contributed by atoms with Crippen LogP contribution in [0.25, 0.3) is 10.9 Å². The number of anilines is 1. The molecule has 0 aliphatic carbocycles. The third kappa shape index (κ3) is 4.25. The Morgan fingerprint density at radius 2 is 2.12 bits per heavy atom. The molecule has 0 bridgehead atoms. The predicted octanol–water partition coefficient (Wildman–Crippen LogP) is 4.19. The van der Waals surface area contributed by atoms with Gasteiger partial charge in [-0.25, -0.2) is 0 Å². The molecule has 0 saturated heterocycles. The molecule has 6 heteroatoms. The summed E-state index contributed by atoms with van der Waals surface area (Å²) in [5.41, 5.74) is 9.19. The number of fused-ring (bicyclic) bond motifs is 1. The monoisotopic (exact) mass is 356 g/mol. The average Bonchev–Trinajstić information content (AvgIpc) is 3.02. The number of H-pyrrole nitrogens is 1. The highest BCUT2D eigenvalue weighted by Gasteiger charge is 2.04. The molecule has 0 saturated carbocycles. The number of para-hydroxylation sites is 1. The van der Waals surface area contributed by atoms with Crippen LogP contribution in [0.15, 0.2) is 53.7 Å². The first-order valence-corrected chi connectivity index (χ1v) is 8.50. The van der Waals surface area contributed by atoms with E-state index >= 15 is 0 Å². The highest BCUT2D eigenvalue weighted by Crippen LogP contribution is 2.27. The Bertz CT molecular complexity index is 888. The van der Waals surface area contributed by atoms with Gasteiger partial charge >= 0.3 is 0 Å². The summed E-state index contributed by atoms with van der Waals surface area (Å²) in [6.07, 6.45) is 3.94. The van der Waals surface area contributed by atoms with Gasteiger partial charge in [0, 0.05) is 29.3 Å². The molecule has 5 nitrogen and oxygen atoms in total. The number of guanidine groups is 1. The summed E-state index contributed by atoms with van der Waals surface area (Å²) in [6, 6.07) is 13.7. The number of aromatic nitrogens is 1. The van der Waals surface area contributed by atoms with Crippen molar-refractivity contribution in [3.63, 3.8) is 0 Å². The van der Waals surface area contributed by atoms with Gasteiger partial charge in [0.2, 0.25) is 0 Å². The second-order valence-corrected chi connectivity index (χ2v) is 6.11. The summed E-state index contributed by atoms with van der Waals surface area (Å²) in [6.45, 7) is 0.655. The van der Waals surface area contributed by atoms with Gasteiger partial charge in [0.1, 0.15) is 5.75 Å². The van der Waals surface area contributed by atoms with Gasteiger partial charge in [-0.1, -0.05) is 29.8 Å². The number of benzene rings is 2. The summed E-state index contributed by atoms with van der Waals surface area (Å²) in [4.78, 5) is 7.66. The van der Waals surface area contributed by atoms with Crippen molar-refractivity contribution in [3.05, 3.63) is 59.2 Å². The lowest BCUT2D eigenvalue weighted by molar-refractivity contribution is 0.415. The van der Waals surface area contributed by atoms with Gasteiger partial charge in [0.25, 0.3) is 0 Å². The fraction of sp³-hybridized carbons (Fsp3) is 0.211. The molecule has 0 radical (unpaired) electrons. The first-order chi connectivity index (χ1) is 12.2. The molecule has 130 valence electrons. The van der Waals surface area contributed by atoms with Crippen molar-refractivity contribution in [2.75, 3.05) is 19.0 Å². The molecule has 0 aliphatic heterocycles. The highest BCUT2D eigenvalue weighted by molar-refractivity contribution is 6.32. The van der Waals surface area contributed by atoms with E-state index in [-0.39, 0.29) is 0 Å². The molecule has 1 aromatic heterocycles. The number of nitrogens with zero attached hydrogens (tertiary/aromatic N) is 1. The van der Waals surface area contributed by atoms with Crippen molar-refractivity contribution in [1.82, 2.24) is 4.98 Å². The van der Waals surface area contributed by atoms with E-state index in [1.165, 1.54) is 16.5 Å². The molecule has 3 aromatic rings. The van der Waals surface area contributed by atoms with E-state index in [0.717, 1.165) is 18.5 Å². The van der Waals surface area contributed by atoms with Gasteiger partial charge in [-0.2, -0.15) is 0 Å². The number of hydrogen-bond acceptors (Lipinski definition) is 2. The summed E-state index contributed by atoms with van der Waals surface area (Å²) in [5, 5.41) is 4.84. The van der Waals surface area contributed by atoms with E-state index in [9.17, 15) is 0 Å². The standard InChI is InChI=1S/C19H21ClN4O/c1-25-18-9-8-14(11-16(18)20)24-19(21)22-10-4-5-13-12-23-17-7-3-2-6-15(13)17/h2-3,6-9,11-12,23H,4-5,10H2,1H3,(H3,21,22,24). The van der Waals surface area contributed by atoms with Crippen LogP contribution in [0.1, 0.15) is 12.0 Å². The van der Waals surface area contributed by atoms with Gasteiger partial charge in [-0.15, -0.1) is 0 Å². The third-order valence-corrected chi connectivity index (χ3v) is 4.28. The zero-order chi connectivity index (χ0) is 17.6. The first-order valence-electron chi connectivity index (χ1n) is 8.13. The van der Waals surface area contributed by atoms with Crippen molar-refractivity contribution < 1.29 is 4.74 Å². The number of ether oxygens (including phenoxy) is 1. The number of halogens is 1. The van der Waals surface area contributed by atoms with Gasteiger partial charge < -0.3 is 20.8 Å². The fourth-order valence-corrected chi connectivity index (χ4v) is 3.00. The smallest absolute Gasteiger partial charge is 0.193 e. The Labute approximate surface area is 151 Å². The number of nitrogens with one attached hydrogen (secondary N) is 2. The molecule has 0 fully saturated rings. The molecule has 3 rings (SSSR count). The van der Waals surface area contributed by atoms with Crippen molar-refractivity contribution >= 4 is 34.2 Å². The Balaban J connectivity index is 1.52. The van der Waals surface area contributed by atoms with Crippen LogP contribution in [0.2, 0.25) is 5.02 Å². The zero-order valence-corrected chi connectivity index (χ0v) is 14.8. The van der Waals surface area contributed by atoms with Crippen LogP contribution >= 0.6 is 11.6 Å². The molecule has 0 atom stereocenters. The molecule has 2 aromatic carbocycles. The summed E-state index contributed by atoms with van der Waals surface area (Å²) in [5.74, 6) is 1.00. The van der Waals surface area contributed by atoms with Gasteiger partial charge in [0.05, 0.1) is 12.1 Å². The number of rotatable bonds is 6. The summed E-state index contributed by atoms with van der Waals surface area (Å²) < 4.78 is 5.13. The van der Waals surface area contributed by atoms with E-state index in [2.05, 4.69) is 39.7 Å². The second kappa shape index (κ2) is 7.94. The molecule has 0 aliphatic rings. The maximum atomic E-state index is 6.10. The molecule has 0 spiro atoms. The molecular formula is C19H21ClN4O. The summed E-state index contributed by atoms with van der Waals surface area (Å²) in [7, 11) is 1.58.